The van der Waals surface area contributed by atoms with E-state index >= 15 is 0 Å². The minimum absolute atomic E-state index is 0.0445. The van der Waals surface area contributed by atoms with Gasteiger partial charge in [-0.25, -0.2) is 0 Å². The summed E-state index contributed by atoms with van der Waals surface area (Å²) in [4.78, 5) is 13.7. The number of rotatable bonds is 1. The molecule has 0 aromatic heterocycles. The van der Waals surface area contributed by atoms with Gasteiger partial charge in [-0.3, -0.25) is 4.79 Å². The largest absolute Gasteiger partial charge is 0.388 e. The summed E-state index contributed by atoms with van der Waals surface area (Å²) < 4.78 is 0. The van der Waals surface area contributed by atoms with E-state index in [1.807, 2.05) is 6.92 Å². The lowest BCUT2D eigenvalue weighted by molar-refractivity contribution is -0.139. The van der Waals surface area contributed by atoms with Crippen molar-refractivity contribution >= 4 is 5.91 Å². The van der Waals surface area contributed by atoms with Gasteiger partial charge in [-0.1, -0.05) is 0 Å². The van der Waals surface area contributed by atoms with E-state index in [0.29, 0.717) is 6.54 Å². The summed E-state index contributed by atoms with van der Waals surface area (Å²) in [5.41, 5.74) is -0.357. The fourth-order valence-electron chi connectivity index (χ4n) is 2.32. The van der Waals surface area contributed by atoms with Gasteiger partial charge in [0.2, 0.25) is 5.91 Å². The van der Waals surface area contributed by atoms with E-state index in [2.05, 4.69) is 5.32 Å². The van der Waals surface area contributed by atoms with E-state index in [1.165, 1.54) is 0 Å². The summed E-state index contributed by atoms with van der Waals surface area (Å²) in [6.07, 6.45) is -0.743. The SMILES string of the molecule is CC1(C(=O)N2C[C@@H](O)[C@@H](O)C2)CCNC1. The average molecular weight is 214 g/mol. The normalized spacial score (nSPS) is 41.1. The number of hydrogen-bond acceptors (Lipinski definition) is 4. The molecule has 5 heteroatoms. The molecule has 1 unspecified atom stereocenters. The zero-order chi connectivity index (χ0) is 11.1. The number of hydrogen-bond donors (Lipinski definition) is 3. The number of carbonyl (C=O) groups excluding carboxylic acids is 1. The standard InChI is InChI=1S/C10H18N2O3/c1-10(2-3-11-6-10)9(15)12-4-7(13)8(14)5-12/h7-8,11,13-14H,2-6H2,1H3/t7-,8+,10?. The van der Waals surface area contributed by atoms with Crippen LogP contribution in [-0.4, -0.2) is 59.4 Å². The Morgan fingerprint density at radius 2 is 2.00 bits per heavy atom. The van der Waals surface area contributed by atoms with Gasteiger partial charge in [-0.05, 0) is 19.9 Å². The van der Waals surface area contributed by atoms with Crippen LogP contribution >= 0.6 is 0 Å². The van der Waals surface area contributed by atoms with Crippen molar-refractivity contribution in [3.05, 3.63) is 0 Å². The van der Waals surface area contributed by atoms with Crippen LogP contribution in [0.3, 0.4) is 0 Å². The Morgan fingerprint density at radius 3 is 2.47 bits per heavy atom. The van der Waals surface area contributed by atoms with Crippen molar-refractivity contribution in [3.63, 3.8) is 0 Å². The molecule has 2 heterocycles. The molecule has 2 saturated heterocycles. The fourth-order valence-corrected chi connectivity index (χ4v) is 2.32. The Bertz CT molecular complexity index is 253. The first-order valence-electron chi connectivity index (χ1n) is 5.39. The van der Waals surface area contributed by atoms with Gasteiger partial charge in [-0.15, -0.1) is 0 Å². The number of aliphatic hydroxyl groups excluding tert-OH is 2. The number of nitrogens with one attached hydrogen (secondary N) is 1. The maximum Gasteiger partial charge on any atom is 0.230 e. The molecule has 1 amide bonds. The fraction of sp³-hybridized carbons (Fsp3) is 0.900. The van der Waals surface area contributed by atoms with Crippen molar-refractivity contribution < 1.29 is 15.0 Å². The molecule has 0 aromatic rings. The van der Waals surface area contributed by atoms with Gasteiger partial charge in [0.1, 0.15) is 0 Å². The molecule has 0 bridgehead atoms. The van der Waals surface area contributed by atoms with Gasteiger partial charge in [0, 0.05) is 19.6 Å². The molecular weight excluding hydrogens is 196 g/mol. The van der Waals surface area contributed by atoms with E-state index in [9.17, 15) is 15.0 Å². The zero-order valence-electron chi connectivity index (χ0n) is 8.94. The van der Waals surface area contributed by atoms with Crippen molar-refractivity contribution in [2.45, 2.75) is 25.6 Å². The first-order chi connectivity index (χ1) is 7.03. The van der Waals surface area contributed by atoms with Crippen LogP contribution in [0.4, 0.5) is 0 Å². The molecule has 2 fully saturated rings. The number of β-amino-alcohol motifs (C(OH)–C–C–N with tert-alkyl or cyclic N) is 2. The van der Waals surface area contributed by atoms with Gasteiger partial charge >= 0.3 is 0 Å². The molecule has 2 aliphatic rings. The van der Waals surface area contributed by atoms with E-state index in [0.717, 1.165) is 13.0 Å². The molecular formula is C10H18N2O3. The van der Waals surface area contributed by atoms with Crippen molar-refractivity contribution in [2.24, 2.45) is 5.41 Å². The maximum atomic E-state index is 12.1. The zero-order valence-corrected chi connectivity index (χ0v) is 8.94. The second-order valence-electron chi connectivity index (χ2n) is 4.83. The third kappa shape index (κ3) is 1.87. The molecule has 0 spiro atoms. The number of nitrogens with zero attached hydrogens (tertiary/aromatic N) is 1. The van der Waals surface area contributed by atoms with E-state index < -0.39 is 12.2 Å². The Balaban J connectivity index is 2.02. The van der Waals surface area contributed by atoms with E-state index in [4.69, 9.17) is 0 Å². The highest BCUT2D eigenvalue weighted by molar-refractivity contribution is 5.83. The van der Waals surface area contributed by atoms with Crippen LogP contribution < -0.4 is 5.32 Å². The summed E-state index contributed by atoms with van der Waals surface area (Å²) >= 11 is 0. The van der Waals surface area contributed by atoms with Crippen LogP contribution in [0.5, 0.6) is 0 Å². The second-order valence-corrected chi connectivity index (χ2v) is 4.83. The van der Waals surface area contributed by atoms with Crippen molar-refractivity contribution in [3.8, 4) is 0 Å². The minimum atomic E-state index is -0.785. The van der Waals surface area contributed by atoms with Gasteiger partial charge < -0.3 is 20.4 Å². The van der Waals surface area contributed by atoms with Gasteiger partial charge in [-0.2, -0.15) is 0 Å². The summed E-state index contributed by atoms with van der Waals surface area (Å²) in [6.45, 7) is 4.01. The molecule has 2 rings (SSSR count). The summed E-state index contributed by atoms with van der Waals surface area (Å²) in [7, 11) is 0. The van der Waals surface area contributed by atoms with Gasteiger partial charge in [0.25, 0.3) is 0 Å². The van der Waals surface area contributed by atoms with E-state index in [-0.39, 0.29) is 24.4 Å². The molecule has 3 atom stereocenters. The van der Waals surface area contributed by atoms with Crippen LogP contribution in [-0.2, 0) is 4.79 Å². The second kappa shape index (κ2) is 3.73. The van der Waals surface area contributed by atoms with Crippen molar-refractivity contribution in [1.82, 2.24) is 10.2 Å². The monoisotopic (exact) mass is 214 g/mol. The van der Waals surface area contributed by atoms with E-state index in [1.54, 1.807) is 4.90 Å². The van der Waals surface area contributed by atoms with Crippen LogP contribution in [0.15, 0.2) is 0 Å². The topological polar surface area (TPSA) is 72.8 Å². The van der Waals surface area contributed by atoms with Crippen molar-refractivity contribution in [1.29, 1.82) is 0 Å². The summed E-state index contributed by atoms with van der Waals surface area (Å²) in [5.74, 6) is 0.0445. The highest BCUT2D eigenvalue weighted by Crippen LogP contribution is 2.28. The minimum Gasteiger partial charge on any atom is -0.388 e. The number of aliphatic hydroxyl groups is 2. The predicted molar refractivity (Wildman–Crippen MR) is 54.2 cm³/mol. The third-order valence-corrected chi connectivity index (χ3v) is 3.43. The molecule has 2 aliphatic heterocycles. The lowest BCUT2D eigenvalue weighted by Gasteiger charge is -2.27. The Labute approximate surface area is 89.1 Å². The molecule has 0 radical (unpaired) electrons. The summed E-state index contributed by atoms with van der Waals surface area (Å²) in [6, 6.07) is 0. The Hall–Kier alpha value is -0.650. The number of carbonyl (C=O) groups is 1. The first kappa shape index (κ1) is 10.9. The predicted octanol–water partition coefficient (Wildman–Crippen LogP) is -1.45. The van der Waals surface area contributed by atoms with Gasteiger partial charge in [0.15, 0.2) is 0 Å². The average Bonchev–Trinajstić information content (AvgIpc) is 2.75. The smallest absolute Gasteiger partial charge is 0.230 e. The molecule has 0 aliphatic carbocycles. The van der Waals surface area contributed by atoms with Crippen LogP contribution in [0.2, 0.25) is 0 Å². The van der Waals surface area contributed by atoms with Crippen molar-refractivity contribution in [2.75, 3.05) is 26.2 Å². The number of likely N-dealkylation sites (tertiary alicyclic amines) is 1. The number of amides is 1. The first-order valence-corrected chi connectivity index (χ1v) is 5.39. The molecule has 86 valence electrons. The summed E-state index contributed by atoms with van der Waals surface area (Å²) in [5, 5.41) is 21.9. The lowest BCUT2D eigenvalue weighted by atomic mass is 9.88. The molecule has 5 nitrogen and oxygen atoms in total. The van der Waals surface area contributed by atoms with Gasteiger partial charge in [0.05, 0.1) is 17.6 Å². The quantitative estimate of drug-likeness (QED) is 0.499. The lowest BCUT2D eigenvalue weighted by Crippen LogP contribution is -2.43. The third-order valence-electron chi connectivity index (χ3n) is 3.43. The van der Waals surface area contributed by atoms with Crippen LogP contribution in [0.1, 0.15) is 13.3 Å². The molecule has 0 saturated carbocycles. The van der Waals surface area contributed by atoms with Crippen LogP contribution in [0, 0.1) is 5.41 Å². The molecule has 3 N–H and O–H groups in total. The maximum absolute atomic E-state index is 12.1. The Kier molecular flexibility index (Phi) is 2.70. The molecule has 0 aromatic carbocycles. The Morgan fingerprint density at radius 1 is 1.40 bits per heavy atom. The molecule has 15 heavy (non-hydrogen) atoms. The highest BCUT2D eigenvalue weighted by atomic mass is 16.3. The highest BCUT2D eigenvalue weighted by Gasteiger charge is 2.43. The van der Waals surface area contributed by atoms with Crippen LogP contribution in [0.25, 0.3) is 0 Å².